The number of nitrogen functional groups attached to an aromatic ring is 1. The fourth-order valence-corrected chi connectivity index (χ4v) is 2.57. The van der Waals surface area contributed by atoms with Gasteiger partial charge in [0, 0.05) is 38.4 Å². The highest BCUT2D eigenvalue weighted by atomic mass is 16.5. The minimum absolute atomic E-state index is 0.858. The Morgan fingerprint density at radius 2 is 1.84 bits per heavy atom. The van der Waals surface area contributed by atoms with Gasteiger partial charge < -0.3 is 15.4 Å². The Labute approximate surface area is 116 Å². The van der Waals surface area contributed by atoms with Crippen LogP contribution < -0.4 is 10.5 Å². The zero-order valence-electron chi connectivity index (χ0n) is 12.1. The second kappa shape index (κ2) is 6.78. The predicted molar refractivity (Wildman–Crippen MR) is 79.4 cm³/mol. The average molecular weight is 263 g/mol. The molecule has 0 spiro atoms. The van der Waals surface area contributed by atoms with Crippen LogP contribution in [0.1, 0.15) is 18.9 Å². The van der Waals surface area contributed by atoms with Crippen LogP contribution in [-0.4, -0.2) is 49.6 Å². The molecule has 0 atom stereocenters. The number of benzene rings is 1. The maximum atomic E-state index is 6.04. The van der Waals surface area contributed by atoms with Crippen molar-refractivity contribution < 1.29 is 4.74 Å². The van der Waals surface area contributed by atoms with E-state index in [0.717, 1.165) is 44.2 Å². The van der Waals surface area contributed by atoms with Crippen LogP contribution >= 0.6 is 0 Å². The van der Waals surface area contributed by atoms with Crippen molar-refractivity contribution in [3.8, 4) is 5.75 Å². The lowest BCUT2D eigenvalue weighted by Gasteiger charge is -2.34. The first kappa shape index (κ1) is 14.2. The van der Waals surface area contributed by atoms with Gasteiger partial charge in [0.15, 0.2) is 0 Å². The second-order valence-corrected chi connectivity index (χ2v) is 5.18. The molecule has 0 radical (unpaired) electrons. The maximum absolute atomic E-state index is 6.04. The van der Waals surface area contributed by atoms with E-state index in [1.807, 2.05) is 18.2 Å². The Morgan fingerprint density at radius 3 is 2.47 bits per heavy atom. The van der Waals surface area contributed by atoms with Crippen LogP contribution in [0, 0.1) is 0 Å². The van der Waals surface area contributed by atoms with E-state index in [2.05, 4.69) is 16.7 Å². The average Bonchev–Trinajstić information content (AvgIpc) is 2.44. The number of hydrogen-bond donors (Lipinski definition) is 1. The van der Waals surface area contributed by atoms with Gasteiger partial charge in [0.25, 0.3) is 0 Å². The number of anilines is 1. The summed E-state index contributed by atoms with van der Waals surface area (Å²) in [4.78, 5) is 5.00. The highest BCUT2D eigenvalue weighted by molar-refractivity contribution is 5.50. The smallest absolute Gasteiger partial charge is 0.119 e. The molecule has 1 heterocycles. The van der Waals surface area contributed by atoms with Crippen LogP contribution in [0.2, 0.25) is 0 Å². The zero-order chi connectivity index (χ0) is 13.7. The third kappa shape index (κ3) is 3.85. The third-order valence-electron chi connectivity index (χ3n) is 3.75. The van der Waals surface area contributed by atoms with Crippen molar-refractivity contribution in [3.63, 3.8) is 0 Å². The minimum Gasteiger partial charge on any atom is -0.497 e. The second-order valence-electron chi connectivity index (χ2n) is 5.18. The third-order valence-corrected chi connectivity index (χ3v) is 3.75. The molecule has 106 valence electrons. The van der Waals surface area contributed by atoms with E-state index in [-0.39, 0.29) is 0 Å². The molecule has 0 bridgehead atoms. The number of rotatable bonds is 5. The van der Waals surface area contributed by atoms with Crippen molar-refractivity contribution in [1.82, 2.24) is 9.80 Å². The van der Waals surface area contributed by atoms with Crippen LogP contribution in [-0.2, 0) is 6.54 Å². The highest BCUT2D eigenvalue weighted by Crippen LogP contribution is 2.21. The van der Waals surface area contributed by atoms with Crippen LogP contribution in [0.15, 0.2) is 18.2 Å². The zero-order valence-corrected chi connectivity index (χ0v) is 12.1. The van der Waals surface area contributed by atoms with Gasteiger partial charge in [-0.15, -0.1) is 0 Å². The van der Waals surface area contributed by atoms with Crippen molar-refractivity contribution in [3.05, 3.63) is 23.8 Å². The summed E-state index contributed by atoms with van der Waals surface area (Å²) >= 11 is 0. The van der Waals surface area contributed by atoms with Gasteiger partial charge in [-0.1, -0.05) is 6.92 Å². The van der Waals surface area contributed by atoms with E-state index in [0.29, 0.717) is 0 Å². The standard InChI is InChI=1S/C15H25N3O/c1-3-6-17-7-9-18(10-8-17)12-13-11-14(19-2)4-5-15(13)16/h4-5,11H,3,6-10,12,16H2,1-2H3. The number of hydrogen-bond acceptors (Lipinski definition) is 4. The van der Waals surface area contributed by atoms with Crippen molar-refractivity contribution in [2.75, 3.05) is 45.6 Å². The van der Waals surface area contributed by atoms with Crippen LogP contribution in [0.3, 0.4) is 0 Å². The number of methoxy groups -OCH3 is 1. The quantitative estimate of drug-likeness (QED) is 0.823. The van der Waals surface area contributed by atoms with E-state index in [1.54, 1.807) is 7.11 Å². The van der Waals surface area contributed by atoms with Gasteiger partial charge in [0.05, 0.1) is 7.11 Å². The van der Waals surface area contributed by atoms with Gasteiger partial charge >= 0.3 is 0 Å². The van der Waals surface area contributed by atoms with Crippen molar-refractivity contribution >= 4 is 5.69 Å². The van der Waals surface area contributed by atoms with E-state index in [9.17, 15) is 0 Å². The molecule has 4 heteroatoms. The molecule has 1 aliphatic heterocycles. The van der Waals surface area contributed by atoms with Crippen molar-refractivity contribution in [1.29, 1.82) is 0 Å². The molecule has 0 unspecified atom stereocenters. The molecule has 2 N–H and O–H groups in total. The highest BCUT2D eigenvalue weighted by Gasteiger charge is 2.17. The summed E-state index contributed by atoms with van der Waals surface area (Å²) in [7, 11) is 1.69. The van der Waals surface area contributed by atoms with Crippen molar-refractivity contribution in [2.24, 2.45) is 0 Å². The molecule has 1 aromatic rings. The lowest BCUT2D eigenvalue weighted by Crippen LogP contribution is -2.46. The van der Waals surface area contributed by atoms with E-state index < -0.39 is 0 Å². The van der Waals surface area contributed by atoms with Gasteiger partial charge in [-0.2, -0.15) is 0 Å². The summed E-state index contributed by atoms with van der Waals surface area (Å²) in [5.74, 6) is 0.883. The van der Waals surface area contributed by atoms with Gasteiger partial charge in [-0.05, 0) is 36.7 Å². The Kier molecular flexibility index (Phi) is 5.05. The summed E-state index contributed by atoms with van der Waals surface area (Å²) in [6.07, 6.45) is 1.24. The van der Waals surface area contributed by atoms with Crippen LogP contribution in [0.5, 0.6) is 5.75 Å². The Hall–Kier alpha value is -1.26. The molecule has 0 saturated carbocycles. The van der Waals surface area contributed by atoms with E-state index >= 15 is 0 Å². The summed E-state index contributed by atoms with van der Waals surface area (Å²) in [5.41, 5.74) is 8.07. The number of ether oxygens (including phenoxy) is 1. The first-order chi connectivity index (χ1) is 9.22. The first-order valence-corrected chi connectivity index (χ1v) is 7.10. The topological polar surface area (TPSA) is 41.7 Å². The molecule has 4 nitrogen and oxygen atoms in total. The van der Waals surface area contributed by atoms with Gasteiger partial charge in [0.2, 0.25) is 0 Å². The lowest BCUT2D eigenvalue weighted by molar-refractivity contribution is 0.127. The van der Waals surface area contributed by atoms with Crippen LogP contribution in [0.4, 0.5) is 5.69 Å². The van der Waals surface area contributed by atoms with E-state index in [4.69, 9.17) is 10.5 Å². The summed E-state index contributed by atoms with van der Waals surface area (Å²) in [6, 6.07) is 5.90. The molecule has 0 amide bonds. The number of nitrogens with two attached hydrogens (primary N) is 1. The molecular formula is C15H25N3O. The molecule has 1 fully saturated rings. The summed E-state index contributed by atoms with van der Waals surface area (Å²) in [5, 5.41) is 0. The fourth-order valence-electron chi connectivity index (χ4n) is 2.57. The van der Waals surface area contributed by atoms with Crippen LogP contribution in [0.25, 0.3) is 0 Å². The van der Waals surface area contributed by atoms with Crippen molar-refractivity contribution in [2.45, 2.75) is 19.9 Å². The Morgan fingerprint density at radius 1 is 1.16 bits per heavy atom. The fraction of sp³-hybridized carbons (Fsp3) is 0.600. The predicted octanol–water partition coefficient (Wildman–Crippen LogP) is 1.80. The molecule has 19 heavy (non-hydrogen) atoms. The number of piperazine rings is 1. The Balaban J connectivity index is 1.91. The van der Waals surface area contributed by atoms with Gasteiger partial charge in [-0.25, -0.2) is 0 Å². The molecule has 0 aromatic heterocycles. The molecule has 1 aromatic carbocycles. The lowest BCUT2D eigenvalue weighted by atomic mass is 10.1. The SMILES string of the molecule is CCCN1CCN(Cc2cc(OC)ccc2N)CC1. The summed E-state index contributed by atoms with van der Waals surface area (Å²) in [6.45, 7) is 8.95. The largest absolute Gasteiger partial charge is 0.497 e. The monoisotopic (exact) mass is 263 g/mol. The first-order valence-electron chi connectivity index (χ1n) is 7.10. The molecule has 2 rings (SSSR count). The van der Waals surface area contributed by atoms with Gasteiger partial charge in [-0.3, -0.25) is 4.90 Å². The number of nitrogens with zero attached hydrogens (tertiary/aromatic N) is 2. The summed E-state index contributed by atoms with van der Waals surface area (Å²) < 4.78 is 5.27. The minimum atomic E-state index is 0.858. The normalized spacial score (nSPS) is 17.6. The molecule has 0 aliphatic carbocycles. The maximum Gasteiger partial charge on any atom is 0.119 e. The van der Waals surface area contributed by atoms with Gasteiger partial charge in [0.1, 0.15) is 5.75 Å². The molecular weight excluding hydrogens is 238 g/mol. The van der Waals surface area contributed by atoms with E-state index in [1.165, 1.54) is 18.5 Å². The Bertz CT molecular complexity index is 400. The molecule has 1 aliphatic rings. The molecule has 1 saturated heterocycles.